The molecule has 0 aliphatic carbocycles. The molecule has 0 fully saturated rings. The van der Waals surface area contributed by atoms with Crippen molar-refractivity contribution in [1.82, 2.24) is 0 Å². The zero-order valence-electron chi connectivity index (χ0n) is 23.3. The number of hydrogen-bond acceptors (Lipinski definition) is 5. The van der Waals surface area contributed by atoms with Crippen LogP contribution in [0.5, 0.6) is 5.75 Å². The van der Waals surface area contributed by atoms with Crippen LogP contribution < -0.4 is 10.1 Å². The maximum atomic E-state index is 12.3. The Morgan fingerprint density at radius 2 is 1.87 bits per heavy atom. The standard InChI is InChI=1S/C34H37NO4/c1-5-37-33(36)31-19-17-26(38-31)22-34(3,32-27-12-8-6-10-24(27)16-18-28(32)35-4)21-20-29-23(2)14-15-25-11-7-9-13-30(25)39-29/h6-13,16-20,23,35H,5,14-15,21-22H2,1-4H3/b29-20-. The number of rotatable bonds is 8. The van der Waals surface area contributed by atoms with E-state index < -0.39 is 5.97 Å². The van der Waals surface area contributed by atoms with Gasteiger partial charge in [-0.15, -0.1) is 0 Å². The summed E-state index contributed by atoms with van der Waals surface area (Å²) >= 11 is 0. The van der Waals surface area contributed by atoms with Gasteiger partial charge in [-0.1, -0.05) is 62.4 Å². The number of furan rings is 1. The Morgan fingerprint density at radius 3 is 2.69 bits per heavy atom. The van der Waals surface area contributed by atoms with Gasteiger partial charge in [-0.05, 0) is 78.4 Å². The van der Waals surface area contributed by atoms with E-state index in [1.165, 1.54) is 21.9 Å². The highest BCUT2D eigenvalue weighted by Gasteiger charge is 2.33. The molecule has 2 unspecified atom stereocenters. The van der Waals surface area contributed by atoms with Crippen molar-refractivity contribution in [3.05, 3.63) is 107 Å². The summed E-state index contributed by atoms with van der Waals surface area (Å²) in [6.45, 7) is 6.61. The second-order valence-electron chi connectivity index (χ2n) is 10.6. The zero-order valence-corrected chi connectivity index (χ0v) is 23.3. The first-order valence-electron chi connectivity index (χ1n) is 13.8. The summed E-state index contributed by atoms with van der Waals surface area (Å²) in [5.41, 5.74) is 3.18. The second-order valence-corrected chi connectivity index (χ2v) is 10.6. The van der Waals surface area contributed by atoms with E-state index in [-0.39, 0.29) is 11.2 Å². The van der Waals surface area contributed by atoms with Crippen LogP contribution in [0.25, 0.3) is 10.8 Å². The molecule has 1 N–H and O–H groups in total. The number of hydrogen-bond donors (Lipinski definition) is 1. The van der Waals surface area contributed by atoms with Gasteiger partial charge >= 0.3 is 5.97 Å². The van der Waals surface area contributed by atoms with Crippen LogP contribution in [0.4, 0.5) is 5.69 Å². The molecule has 0 saturated heterocycles. The smallest absolute Gasteiger partial charge is 0.374 e. The number of aryl methyl sites for hydroxylation is 1. The fourth-order valence-electron chi connectivity index (χ4n) is 5.68. The number of carbonyl (C=O) groups is 1. The van der Waals surface area contributed by atoms with Crippen molar-refractivity contribution in [2.75, 3.05) is 19.0 Å². The molecule has 2 atom stereocenters. The van der Waals surface area contributed by atoms with E-state index in [9.17, 15) is 4.79 Å². The molecular weight excluding hydrogens is 486 g/mol. The molecule has 4 aromatic rings. The molecule has 0 radical (unpaired) electrons. The quantitative estimate of drug-likeness (QED) is 0.237. The number of esters is 1. The minimum Gasteiger partial charge on any atom is -0.462 e. The van der Waals surface area contributed by atoms with Gasteiger partial charge in [0.05, 0.1) is 6.61 Å². The van der Waals surface area contributed by atoms with Gasteiger partial charge in [0, 0.05) is 30.5 Å². The van der Waals surface area contributed by atoms with Gasteiger partial charge in [-0.3, -0.25) is 0 Å². The number of ether oxygens (including phenoxy) is 2. The number of carbonyl (C=O) groups excluding carboxylic acids is 1. The van der Waals surface area contributed by atoms with Crippen molar-refractivity contribution >= 4 is 22.4 Å². The summed E-state index contributed by atoms with van der Waals surface area (Å²) in [7, 11) is 1.96. The van der Waals surface area contributed by atoms with E-state index in [1.54, 1.807) is 13.0 Å². The van der Waals surface area contributed by atoms with Crippen LogP contribution in [0.15, 0.2) is 89.0 Å². The lowest BCUT2D eigenvalue weighted by molar-refractivity contribution is 0.0487. The molecule has 5 nitrogen and oxygen atoms in total. The molecule has 5 rings (SSSR count). The van der Waals surface area contributed by atoms with Crippen LogP contribution >= 0.6 is 0 Å². The largest absolute Gasteiger partial charge is 0.462 e. The first kappa shape index (κ1) is 26.6. The number of allylic oxidation sites excluding steroid dienone is 2. The maximum Gasteiger partial charge on any atom is 0.374 e. The molecule has 1 aliphatic heterocycles. The molecule has 0 saturated carbocycles. The fraction of sp³-hybridized carbons (Fsp3) is 0.324. The lowest BCUT2D eigenvalue weighted by Crippen LogP contribution is -2.26. The Bertz CT molecular complexity index is 1500. The van der Waals surface area contributed by atoms with Crippen LogP contribution in [0.1, 0.15) is 61.1 Å². The molecule has 5 heteroatoms. The molecule has 0 amide bonds. The fourth-order valence-corrected chi connectivity index (χ4v) is 5.68. The van der Waals surface area contributed by atoms with Crippen LogP contribution in [0, 0.1) is 5.92 Å². The van der Waals surface area contributed by atoms with Crippen molar-refractivity contribution in [2.45, 2.75) is 51.9 Å². The average molecular weight is 524 g/mol. The predicted molar refractivity (Wildman–Crippen MR) is 156 cm³/mol. The summed E-state index contributed by atoms with van der Waals surface area (Å²) in [6.07, 6.45) is 5.64. The Hall–Kier alpha value is -3.99. The van der Waals surface area contributed by atoms with E-state index in [0.29, 0.717) is 18.9 Å². The van der Waals surface area contributed by atoms with Gasteiger partial charge in [0.2, 0.25) is 5.76 Å². The van der Waals surface area contributed by atoms with Gasteiger partial charge in [0.1, 0.15) is 17.3 Å². The summed E-state index contributed by atoms with van der Waals surface area (Å²) in [5.74, 6) is 2.79. The van der Waals surface area contributed by atoms with Crippen LogP contribution in [0.3, 0.4) is 0 Å². The SMILES string of the molecule is CCOC(=O)c1ccc(CC(C)(C/C=C2\Oc3ccccc3CCC2C)c2c(NC)ccc3ccccc23)o1. The molecular formula is C34H37NO4. The van der Waals surface area contributed by atoms with Crippen LogP contribution in [0.2, 0.25) is 0 Å². The summed E-state index contributed by atoms with van der Waals surface area (Å²) in [6, 6.07) is 24.7. The third-order valence-corrected chi connectivity index (χ3v) is 7.79. The third-order valence-electron chi connectivity index (χ3n) is 7.79. The number of nitrogens with one attached hydrogen (secondary N) is 1. The highest BCUT2D eigenvalue weighted by Crippen LogP contribution is 2.42. The molecule has 0 spiro atoms. The molecule has 0 bridgehead atoms. The van der Waals surface area contributed by atoms with Gasteiger partial charge in [-0.2, -0.15) is 0 Å². The average Bonchev–Trinajstić information content (AvgIpc) is 3.35. The number of fused-ring (bicyclic) bond motifs is 2. The molecule has 1 aliphatic rings. The van der Waals surface area contributed by atoms with Gasteiger partial charge in [-0.25, -0.2) is 4.79 Å². The zero-order chi connectivity index (χ0) is 27.4. The first-order chi connectivity index (χ1) is 18.9. The molecule has 3 aromatic carbocycles. The lowest BCUT2D eigenvalue weighted by Gasteiger charge is -2.32. The number of benzene rings is 3. The Balaban J connectivity index is 1.58. The topological polar surface area (TPSA) is 60.7 Å². The molecule has 2 heterocycles. The summed E-state index contributed by atoms with van der Waals surface area (Å²) < 4.78 is 17.7. The lowest BCUT2D eigenvalue weighted by atomic mass is 9.73. The van der Waals surface area contributed by atoms with E-state index in [1.807, 2.05) is 19.2 Å². The number of anilines is 1. The van der Waals surface area contributed by atoms with E-state index in [4.69, 9.17) is 13.9 Å². The van der Waals surface area contributed by atoms with Crippen LogP contribution in [-0.2, 0) is 23.0 Å². The monoisotopic (exact) mass is 523 g/mol. The Labute approximate surface area is 230 Å². The van der Waals surface area contributed by atoms with Crippen molar-refractivity contribution in [1.29, 1.82) is 0 Å². The number of para-hydroxylation sites is 1. The van der Waals surface area contributed by atoms with Crippen molar-refractivity contribution < 1.29 is 18.7 Å². The van der Waals surface area contributed by atoms with Gasteiger partial charge < -0.3 is 19.2 Å². The first-order valence-corrected chi connectivity index (χ1v) is 13.8. The van der Waals surface area contributed by atoms with E-state index >= 15 is 0 Å². The minimum atomic E-state index is -0.437. The highest BCUT2D eigenvalue weighted by atomic mass is 16.5. The summed E-state index contributed by atoms with van der Waals surface area (Å²) in [4.78, 5) is 12.3. The molecule has 39 heavy (non-hydrogen) atoms. The molecule has 202 valence electrons. The normalized spacial score (nSPS) is 17.6. The van der Waals surface area contributed by atoms with E-state index in [2.05, 4.69) is 79.8 Å². The van der Waals surface area contributed by atoms with Crippen molar-refractivity contribution in [3.8, 4) is 5.75 Å². The predicted octanol–water partition coefficient (Wildman–Crippen LogP) is 8.09. The van der Waals surface area contributed by atoms with E-state index in [0.717, 1.165) is 42.2 Å². The second kappa shape index (κ2) is 11.4. The Morgan fingerprint density at radius 1 is 1.08 bits per heavy atom. The highest BCUT2D eigenvalue weighted by molar-refractivity contribution is 5.91. The molecule has 1 aromatic heterocycles. The van der Waals surface area contributed by atoms with Crippen LogP contribution in [-0.4, -0.2) is 19.6 Å². The maximum absolute atomic E-state index is 12.3. The minimum absolute atomic E-state index is 0.233. The van der Waals surface area contributed by atoms with Gasteiger partial charge in [0.15, 0.2) is 0 Å². The summed E-state index contributed by atoms with van der Waals surface area (Å²) in [5, 5.41) is 5.81. The van der Waals surface area contributed by atoms with Gasteiger partial charge in [0.25, 0.3) is 0 Å². The van der Waals surface area contributed by atoms with Crippen molar-refractivity contribution in [3.63, 3.8) is 0 Å². The van der Waals surface area contributed by atoms with Crippen molar-refractivity contribution in [2.24, 2.45) is 5.92 Å². The Kier molecular flexibility index (Phi) is 7.78. The third kappa shape index (κ3) is 5.58.